The molecule has 3 fully saturated rings. The lowest BCUT2D eigenvalue weighted by atomic mass is 10.1. The van der Waals surface area contributed by atoms with Gasteiger partial charge in [0.15, 0.2) is 0 Å². The molecule has 3 rings (SSSR count). The van der Waals surface area contributed by atoms with Crippen molar-refractivity contribution >= 4 is 0 Å². The first-order valence-corrected chi connectivity index (χ1v) is 7.21. The summed E-state index contributed by atoms with van der Waals surface area (Å²) in [7, 11) is 0. The SMILES string of the molecule is C1C[C@@H]2NCCN(CCN3CCOCC3)[C@H]2C1. The Morgan fingerprint density at radius 1 is 1.06 bits per heavy atom. The Balaban J connectivity index is 1.47. The number of morpholine rings is 1. The van der Waals surface area contributed by atoms with Gasteiger partial charge in [0.1, 0.15) is 0 Å². The molecule has 2 aliphatic heterocycles. The van der Waals surface area contributed by atoms with Crippen LogP contribution in [-0.4, -0.2) is 74.4 Å². The van der Waals surface area contributed by atoms with Crippen molar-refractivity contribution < 1.29 is 4.74 Å². The van der Waals surface area contributed by atoms with Gasteiger partial charge in [-0.25, -0.2) is 0 Å². The van der Waals surface area contributed by atoms with Crippen molar-refractivity contribution in [1.29, 1.82) is 0 Å². The average Bonchev–Trinajstić information content (AvgIpc) is 2.86. The van der Waals surface area contributed by atoms with E-state index in [9.17, 15) is 0 Å². The summed E-state index contributed by atoms with van der Waals surface area (Å²) >= 11 is 0. The number of fused-ring (bicyclic) bond motifs is 1. The number of nitrogens with zero attached hydrogens (tertiary/aromatic N) is 2. The summed E-state index contributed by atoms with van der Waals surface area (Å²) in [5, 5.41) is 3.67. The van der Waals surface area contributed by atoms with Crippen molar-refractivity contribution in [1.82, 2.24) is 15.1 Å². The third-order valence-corrected chi connectivity index (χ3v) is 4.56. The maximum absolute atomic E-state index is 5.40. The van der Waals surface area contributed by atoms with Crippen molar-refractivity contribution in [2.45, 2.75) is 31.3 Å². The van der Waals surface area contributed by atoms with Gasteiger partial charge in [0.25, 0.3) is 0 Å². The van der Waals surface area contributed by atoms with Gasteiger partial charge >= 0.3 is 0 Å². The fourth-order valence-corrected chi connectivity index (χ4v) is 3.55. The number of hydrogen-bond acceptors (Lipinski definition) is 4. The summed E-state index contributed by atoms with van der Waals surface area (Å²) in [6.07, 6.45) is 4.20. The highest BCUT2D eigenvalue weighted by molar-refractivity contribution is 4.94. The first kappa shape index (κ1) is 11.9. The van der Waals surface area contributed by atoms with Crippen LogP contribution in [0.15, 0.2) is 0 Å². The number of piperazine rings is 1. The van der Waals surface area contributed by atoms with Gasteiger partial charge in [0.05, 0.1) is 13.2 Å². The molecule has 3 aliphatic rings. The maximum Gasteiger partial charge on any atom is 0.0594 e. The number of nitrogens with one attached hydrogen (secondary N) is 1. The molecule has 1 aliphatic carbocycles. The van der Waals surface area contributed by atoms with Crippen molar-refractivity contribution in [2.24, 2.45) is 0 Å². The molecule has 0 bridgehead atoms. The number of rotatable bonds is 3. The lowest BCUT2D eigenvalue weighted by Gasteiger charge is -2.39. The van der Waals surface area contributed by atoms with Crippen molar-refractivity contribution in [3.63, 3.8) is 0 Å². The first-order chi connectivity index (χ1) is 8.43. The van der Waals surface area contributed by atoms with E-state index in [4.69, 9.17) is 4.74 Å². The smallest absolute Gasteiger partial charge is 0.0594 e. The molecule has 0 unspecified atom stereocenters. The highest BCUT2D eigenvalue weighted by Gasteiger charge is 2.34. The molecule has 0 aromatic heterocycles. The zero-order chi connectivity index (χ0) is 11.5. The molecule has 1 N–H and O–H groups in total. The van der Waals surface area contributed by atoms with Crippen LogP contribution in [-0.2, 0) is 4.74 Å². The van der Waals surface area contributed by atoms with Crippen LogP contribution in [0.4, 0.5) is 0 Å². The van der Waals surface area contributed by atoms with E-state index in [1.807, 2.05) is 0 Å². The van der Waals surface area contributed by atoms with Gasteiger partial charge in [-0.3, -0.25) is 9.80 Å². The highest BCUT2D eigenvalue weighted by atomic mass is 16.5. The molecule has 2 heterocycles. The highest BCUT2D eigenvalue weighted by Crippen LogP contribution is 2.26. The third-order valence-electron chi connectivity index (χ3n) is 4.56. The molecule has 0 aromatic rings. The number of hydrogen-bond donors (Lipinski definition) is 1. The Bertz CT molecular complexity index is 243. The lowest BCUT2D eigenvalue weighted by molar-refractivity contribution is 0.0278. The average molecular weight is 239 g/mol. The van der Waals surface area contributed by atoms with Crippen LogP contribution in [0.3, 0.4) is 0 Å². The van der Waals surface area contributed by atoms with E-state index in [1.165, 1.54) is 45.4 Å². The Morgan fingerprint density at radius 2 is 1.94 bits per heavy atom. The standard InChI is InChI=1S/C13H25N3O/c1-2-12-13(3-1)16(5-4-14-12)7-6-15-8-10-17-11-9-15/h12-14H,1-11H2/t12-,13-/m0/s1. The largest absolute Gasteiger partial charge is 0.379 e. The van der Waals surface area contributed by atoms with E-state index in [0.717, 1.165) is 38.4 Å². The first-order valence-electron chi connectivity index (χ1n) is 7.21. The second kappa shape index (κ2) is 5.65. The Hall–Kier alpha value is -0.160. The molecule has 2 saturated heterocycles. The predicted octanol–water partition coefficient (Wildman–Crippen LogP) is 0.145. The van der Waals surface area contributed by atoms with Crippen LogP contribution in [0.1, 0.15) is 19.3 Å². The van der Waals surface area contributed by atoms with Gasteiger partial charge in [-0.15, -0.1) is 0 Å². The summed E-state index contributed by atoms with van der Waals surface area (Å²) in [5.74, 6) is 0. The van der Waals surface area contributed by atoms with Gasteiger partial charge in [0, 0.05) is 51.4 Å². The van der Waals surface area contributed by atoms with Crippen LogP contribution >= 0.6 is 0 Å². The summed E-state index contributed by atoms with van der Waals surface area (Å²) in [5.41, 5.74) is 0. The Labute approximate surface area is 104 Å². The van der Waals surface area contributed by atoms with Crippen LogP contribution in [0.25, 0.3) is 0 Å². The zero-order valence-corrected chi connectivity index (χ0v) is 10.7. The van der Waals surface area contributed by atoms with Crippen molar-refractivity contribution in [2.75, 3.05) is 52.5 Å². The molecule has 0 amide bonds. The molecule has 1 saturated carbocycles. The molecule has 98 valence electrons. The topological polar surface area (TPSA) is 27.7 Å². The second-order valence-electron chi connectivity index (χ2n) is 5.55. The minimum Gasteiger partial charge on any atom is -0.379 e. The van der Waals surface area contributed by atoms with E-state index < -0.39 is 0 Å². The minimum absolute atomic E-state index is 0.786. The molecule has 0 spiro atoms. The normalized spacial score (nSPS) is 36.0. The van der Waals surface area contributed by atoms with Crippen LogP contribution in [0.5, 0.6) is 0 Å². The molecule has 2 atom stereocenters. The molecule has 0 aromatic carbocycles. The fraction of sp³-hybridized carbons (Fsp3) is 1.00. The van der Waals surface area contributed by atoms with Crippen molar-refractivity contribution in [3.05, 3.63) is 0 Å². The van der Waals surface area contributed by atoms with E-state index in [0.29, 0.717) is 0 Å². The van der Waals surface area contributed by atoms with E-state index in [2.05, 4.69) is 15.1 Å². The third kappa shape index (κ3) is 2.81. The van der Waals surface area contributed by atoms with Gasteiger partial charge in [-0.05, 0) is 12.8 Å². The van der Waals surface area contributed by atoms with Gasteiger partial charge in [-0.2, -0.15) is 0 Å². The second-order valence-corrected chi connectivity index (χ2v) is 5.55. The molecule has 0 radical (unpaired) electrons. The van der Waals surface area contributed by atoms with Gasteiger partial charge in [0.2, 0.25) is 0 Å². The summed E-state index contributed by atoms with van der Waals surface area (Å²) in [6, 6.07) is 1.61. The monoisotopic (exact) mass is 239 g/mol. The molecule has 4 nitrogen and oxygen atoms in total. The lowest BCUT2D eigenvalue weighted by Crippen LogP contribution is -2.56. The zero-order valence-electron chi connectivity index (χ0n) is 10.7. The Morgan fingerprint density at radius 3 is 2.82 bits per heavy atom. The van der Waals surface area contributed by atoms with E-state index in [-0.39, 0.29) is 0 Å². The fourth-order valence-electron chi connectivity index (χ4n) is 3.55. The summed E-state index contributed by atoms with van der Waals surface area (Å²) in [4.78, 5) is 5.28. The number of ether oxygens (including phenoxy) is 1. The molecule has 4 heteroatoms. The summed E-state index contributed by atoms with van der Waals surface area (Å²) < 4.78 is 5.40. The van der Waals surface area contributed by atoms with E-state index >= 15 is 0 Å². The van der Waals surface area contributed by atoms with Crippen LogP contribution in [0.2, 0.25) is 0 Å². The quantitative estimate of drug-likeness (QED) is 0.758. The van der Waals surface area contributed by atoms with Gasteiger partial charge < -0.3 is 10.1 Å². The van der Waals surface area contributed by atoms with Gasteiger partial charge in [-0.1, -0.05) is 6.42 Å². The van der Waals surface area contributed by atoms with Crippen LogP contribution < -0.4 is 5.32 Å². The minimum atomic E-state index is 0.786. The predicted molar refractivity (Wildman–Crippen MR) is 68.3 cm³/mol. The molecule has 17 heavy (non-hydrogen) atoms. The van der Waals surface area contributed by atoms with Crippen molar-refractivity contribution in [3.8, 4) is 0 Å². The Kier molecular flexibility index (Phi) is 3.96. The van der Waals surface area contributed by atoms with E-state index in [1.54, 1.807) is 0 Å². The summed E-state index contributed by atoms with van der Waals surface area (Å²) in [6.45, 7) is 9.01. The molecular weight excluding hydrogens is 214 g/mol. The van der Waals surface area contributed by atoms with Crippen LogP contribution in [0, 0.1) is 0 Å². The maximum atomic E-state index is 5.40. The molecular formula is C13H25N3O.